The third kappa shape index (κ3) is 5.57. The van der Waals surface area contributed by atoms with Gasteiger partial charge >= 0.3 is 0 Å². The van der Waals surface area contributed by atoms with Crippen molar-refractivity contribution in [3.63, 3.8) is 0 Å². The maximum atomic E-state index is 5.35. The van der Waals surface area contributed by atoms with Gasteiger partial charge < -0.3 is 5.73 Å². The fourth-order valence-corrected chi connectivity index (χ4v) is 0.377. The van der Waals surface area contributed by atoms with Crippen molar-refractivity contribution in [2.24, 2.45) is 11.7 Å². The number of hydrogen-bond acceptors (Lipinski definition) is 3. The molecule has 0 aromatic heterocycles. The predicted molar refractivity (Wildman–Crippen MR) is 41.0 cm³/mol. The standard InChI is InChI=1S/C7H14N2O/c1-3-4-10-9-6-7(2)5-8/h1,7,9H,4-6,8H2,2H3. The molecule has 1 unspecified atom stereocenters. The SMILES string of the molecule is C#CCONCC(C)CN. The molecular weight excluding hydrogens is 128 g/mol. The van der Waals surface area contributed by atoms with Gasteiger partial charge in [0.15, 0.2) is 0 Å². The Morgan fingerprint density at radius 2 is 2.50 bits per heavy atom. The lowest BCUT2D eigenvalue weighted by Gasteiger charge is -2.07. The lowest BCUT2D eigenvalue weighted by molar-refractivity contribution is 0.0583. The average Bonchev–Trinajstić information content (AvgIpc) is 1.98. The van der Waals surface area contributed by atoms with E-state index in [0.717, 1.165) is 6.54 Å². The van der Waals surface area contributed by atoms with Gasteiger partial charge in [0.2, 0.25) is 0 Å². The van der Waals surface area contributed by atoms with Crippen molar-refractivity contribution in [3.05, 3.63) is 0 Å². The molecule has 0 amide bonds. The van der Waals surface area contributed by atoms with Gasteiger partial charge in [0.05, 0.1) is 0 Å². The van der Waals surface area contributed by atoms with E-state index in [1.807, 2.05) is 6.92 Å². The molecule has 58 valence electrons. The van der Waals surface area contributed by atoms with Gasteiger partial charge in [-0.05, 0) is 12.5 Å². The Labute approximate surface area is 61.9 Å². The molecule has 0 aliphatic carbocycles. The van der Waals surface area contributed by atoms with Crippen LogP contribution in [-0.4, -0.2) is 19.7 Å². The van der Waals surface area contributed by atoms with E-state index in [0.29, 0.717) is 19.1 Å². The summed E-state index contributed by atoms with van der Waals surface area (Å²) >= 11 is 0. The third-order valence-electron chi connectivity index (χ3n) is 1.09. The molecule has 0 aliphatic rings. The zero-order valence-corrected chi connectivity index (χ0v) is 6.26. The number of hydroxylamine groups is 1. The number of terminal acetylenes is 1. The summed E-state index contributed by atoms with van der Waals surface area (Å²) in [6.07, 6.45) is 4.94. The molecule has 0 fully saturated rings. The van der Waals surface area contributed by atoms with Crippen molar-refractivity contribution in [2.75, 3.05) is 19.7 Å². The molecule has 1 atom stereocenters. The minimum Gasteiger partial charge on any atom is -0.330 e. The fourth-order valence-electron chi connectivity index (χ4n) is 0.377. The predicted octanol–water partition coefficient (Wildman–Crippen LogP) is -0.264. The quantitative estimate of drug-likeness (QED) is 0.316. The number of rotatable bonds is 5. The van der Waals surface area contributed by atoms with Gasteiger partial charge in [-0.3, -0.25) is 4.84 Å². The highest BCUT2D eigenvalue weighted by Crippen LogP contribution is 1.85. The first-order valence-electron chi connectivity index (χ1n) is 3.29. The van der Waals surface area contributed by atoms with Gasteiger partial charge in [-0.2, -0.15) is 0 Å². The molecule has 0 spiro atoms. The van der Waals surface area contributed by atoms with Crippen LogP contribution in [0, 0.1) is 18.3 Å². The Balaban J connectivity index is 2.98. The highest BCUT2D eigenvalue weighted by Gasteiger charge is 1.95. The first-order chi connectivity index (χ1) is 4.81. The molecule has 0 saturated carbocycles. The van der Waals surface area contributed by atoms with Crippen LogP contribution in [0.25, 0.3) is 0 Å². The third-order valence-corrected chi connectivity index (χ3v) is 1.09. The van der Waals surface area contributed by atoms with Crippen LogP contribution in [0.3, 0.4) is 0 Å². The summed E-state index contributed by atoms with van der Waals surface area (Å²) in [5.74, 6) is 2.77. The van der Waals surface area contributed by atoms with Gasteiger partial charge in [-0.25, -0.2) is 5.48 Å². The summed E-state index contributed by atoms with van der Waals surface area (Å²) < 4.78 is 0. The lowest BCUT2D eigenvalue weighted by atomic mass is 10.2. The number of hydrogen-bond donors (Lipinski definition) is 2. The Kier molecular flexibility index (Phi) is 6.19. The maximum Gasteiger partial charge on any atom is 0.128 e. The van der Waals surface area contributed by atoms with Crippen molar-refractivity contribution in [1.82, 2.24) is 5.48 Å². The fraction of sp³-hybridized carbons (Fsp3) is 0.714. The summed E-state index contributed by atoms with van der Waals surface area (Å²) in [7, 11) is 0. The second-order valence-electron chi connectivity index (χ2n) is 2.18. The highest BCUT2D eigenvalue weighted by atomic mass is 16.6. The molecule has 0 radical (unpaired) electrons. The number of nitrogens with two attached hydrogens (primary N) is 1. The van der Waals surface area contributed by atoms with Gasteiger partial charge in [0.25, 0.3) is 0 Å². The van der Waals surface area contributed by atoms with E-state index < -0.39 is 0 Å². The highest BCUT2D eigenvalue weighted by molar-refractivity contribution is 4.82. The molecule has 0 aromatic rings. The normalized spacial score (nSPS) is 12.5. The smallest absolute Gasteiger partial charge is 0.128 e. The topological polar surface area (TPSA) is 47.3 Å². The van der Waals surface area contributed by atoms with Crippen molar-refractivity contribution in [2.45, 2.75) is 6.92 Å². The molecule has 0 aromatic carbocycles. The molecule has 0 heterocycles. The Hall–Kier alpha value is -0.560. The minimum atomic E-state index is 0.303. The summed E-state index contributed by atoms with van der Waals surface area (Å²) in [5.41, 5.74) is 8.07. The summed E-state index contributed by atoms with van der Waals surface area (Å²) in [4.78, 5) is 4.81. The van der Waals surface area contributed by atoms with Crippen molar-refractivity contribution < 1.29 is 4.84 Å². The van der Waals surface area contributed by atoms with Crippen LogP contribution < -0.4 is 11.2 Å². The maximum absolute atomic E-state index is 5.35. The van der Waals surface area contributed by atoms with E-state index in [1.54, 1.807) is 0 Å². The van der Waals surface area contributed by atoms with E-state index in [2.05, 4.69) is 11.4 Å². The second kappa shape index (κ2) is 6.56. The molecule has 0 saturated heterocycles. The summed E-state index contributed by atoms with van der Waals surface area (Å²) in [5, 5.41) is 0. The molecule has 0 bridgehead atoms. The van der Waals surface area contributed by atoms with Gasteiger partial charge in [-0.15, -0.1) is 6.42 Å². The van der Waals surface area contributed by atoms with E-state index >= 15 is 0 Å². The Morgan fingerprint density at radius 1 is 1.80 bits per heavy atom. The molecular formula is C7H14N2O. The van der Waals surface area contributed by atoms with Crippen molar-refractivity contribution in [3.8, 4) is 12.3 Å². The summed E-state index contributed by atoms with van der Waals surface area (Å²) in [6.45, 7) is 3.74. The van der Waals surface area contributed by atoms with Crippen LogP contribution in [0.15, 0.2) is 0 Å². The van der Waals surface area contributed by atoms with E-state index in [4.69, 9.17) is 17.0 Å². The monoisotopic (exact) mass is 142 g/mol. The van der Waals surface area contributed by atoms with Crippen molar-refractivity contribution >= 4 is 0 Å². The largest absolute Gasteiger partial charge is 0.330 e. The zero-order valence-electron chi connectivity index (χ0n) is 6.26. The molecule has 10 heavy (non-hydrogen) atoms. The van der Waals surface area contributed by atoms with Crippen LogP contribution in [0.4, 0.5) is 0 Å². The molecule has 3 nitrogen and oxygen atoms in total. The Morgan fingerprint density at radius 3 is 3.00 bits per heavy atom. The van der Waals surface area contributed by atoms with Gasteiger partial charge in [0.1, 0.15) is 6.61 Å². The van der Waals surface area contributed by atoms with Crippen LogP contribution in [0.1, 0.15) is 6.92 Å². The van der Waals surface area contributed by atoms with Crippen LogP contribution in [0.5, 0.6) is 0 Å². The average molecular weight is 142 g/mol. The first kappa shape index (κ1) is 9.44. The zero-order chi connectivity index (χ0) is 7.82. The molecule has 0 rings (SSSR count). The van der Waals surface area contributed by atoms with Crippen LogP contribution in [0.2, 0.25) is 0 Å². The van der Waals surface area contributed by atoms with Crippen LogP contribution in [-0.2, 0) is 4.84 Å². The van der Waals surface area contributed by atoms with Crippen molar-refractivity contribution in [1.29, 1.82) is 0 Å². The first-order valence-corrected chi connectivity index (χ1v) is 3.29. The molecule has 3 heteroatoms. The lowest BCUT2D eigenvalue weighted by Crippen LogP contribution is -2.26. The van der Waals surface area contributed by atoms with Crippen LogP contribution >= 0.6 is 0 Å². The molecule has 0 aliphatic heterocycles. The molecule has 3 N–H and O–H groups in total. The van der Waals surface area contributed by atoms with E-state index in [9.17, 15) is 0 Å². The summed E-state index contributed by atoms with van der Waals surface area (Å²) in [6, 6.07) is 0. The minimum absolute atomic E-state index is 0.303. The van der Waals surface area contributed by atoms with E-state index in [1.165, 1.54) is 0 Å². The number of nitrogens with one attached hydrogen (secondary N) is 1. The second-order valence-corrected chi connectivity index (χ2v) is 2.18. The Bertz CT molecular complexity index is 109. The van der Waals surface area contributed by atoms with Gasteiger partial charge in [0, 0.05) is 6.54 Å². The van der Waals surface area contributed by atoms with Gasteiger partial charge in [-0.1, -0.05) is 12.8 Å². The van der Waals surface area contributed by atoms with E-state index in [-0.39, 0.29) is 0 Å².